The summed E-state index contributed by atoms with van der Waals surface area (Å²) >= 11 is 0. The molecule has 3 aromatic carbocycles. The van der Waals surface area contributed by atoms with Crippen LogP contribution < -0.4 is 14.2 Å². The van der Waals surface area contributed by atoms with Gasteiger partial charge in [-0.25, -0.2) is 4.79 Å². The van der Waals surface area contributed by atoms with Gasteiger partial charge in [-0.2, -0.15) is 0 Å². The van der Waals surface area contributed by atoms with Gasteiger partial charge in [-0.15, -0.1) is 0 Å². The normalized spacial score (nSPS) is 14.3. The lowest BCUT2D eigenvalue weighted by atomic mass is 9.93. The molecule has 0 fully saturated rings. The molecule has 166 valence electrons. The average Bonchev–Trinajstić information content (AvgIpc) is 3.19. The second-order valence-electron chi connectivity index (χ2n) is 7.21. The molecule has 6 nitrogen and oxygen atoms in total. The third kappa shape index (κ3) is 4.50. The number of carbonyl (C=O) groups excluding carboxylic acids is 2. The summed E-state index contributed by atoms with van der Waals surface area (Å²) in [7, 11) is 4.71. The van der Waals surface area contributed by atoms with Crippen molar-refractivity contribution in [1.29, 1.82) is 0 Å². The van der Waals surface area contributed by atoms with Crippen LogP contribution in [0.4, 0.5) is 0 Å². The predicted octanol–water partition coefficient (Wildman–Crippen LogP) is 4.95. The molecule has 1 aliphatic rings. The Labute approximate surface area is 191 Å². The number of carbonyl (C=O) groups is 2. The van der Waals surface area contributed by atoms with Gasteiger partial charge in [0.1, 0.15) is 28.6 Å². The van der Waals surface area contributed by atoms with Gasteiger partial charge >= 0.3 is 5.97 Å². The van der Waals surface area contributed by atoms with Crippen molar-refractivity contribution in [2.24, 2.45) is 0 Å². The van der Waals surface area contributed by atoms with Crippen LogP contribution in [0.1, 0.15) is 21.5 Å². The van der Waals surface area contributed by atoms with Gasteiger partial charge in [0.2, 0.25) is 5.78 Å². The number of esters is 1. The lowest BCUT2D eigenvalue weighted by Crippen LogP contribution is -2.11. The molecule has 0 saturated heterocycles. The van der Waals surface area contributed by atoms with E-state index in [0.29, 0.717) is 39.7 Å². The summed E-state index contributed by atoms with van der Waals surface area (Å²) in [5.74, 6) is 1.17. The fourth-order valence-corrected chi connectivity index (χ4v) is 3.52. The zero-order valence-corrected chi connectivity index (χ0v) is 18.5. The van der Waals surface area contributed by atoms with Gasteiger partial charge in [0.15, 0.2) is 0 Å². The number of allylic oxidation sites excluding steroid dienone is 1. The summed E-state index contributed by atoms with van der Waals surface area (Å²) in [6.07, 6.45) is 1.73. The van der Waals surface area contributed by atoms with E-state index in [1.807, 2.05) is 24.3 Å². The molecule has 0 radical (unpaired) electrons. The molecule has 33 heavy (non-hydrogen) atoms. The third-order valence-corrected chi connectivity index (χ3v) is 5.27. The van der Waals surface area contributed by atoms with E-state index < -0.39 is 11.8 Å². The number of hydrogen-bond acceptors (Lipinski definition) is 6. The third-order valence-electron chi connectivity index (χ3n) is 5.27. The molecule has 0 atom stereocenters. The van der Waals surface area contributed by atoms with Crippen molar-refractivity contribution < 1.29 is 28.5 Å². The fourth-order valence-electron chi connectivity index (χ4n) is 3.52. The SMILES string of the molecule is COc1ccc(/C=C2\OC(=O)C(C(=O)c3ccc(OC)cc3)=C2c2ccc(OC)cc2)cc1. The Morgan fingerprint density at radius 2 is 1.21 bits per heavy atom. The van der Waals surface area contributed by atoms with Crippen molar-refractivity contribution in [1.82, 2.24) is 0 Å². The van der Waals surface area contributed by atoms with Crippen LogP contribution in [-0.4, -0.2) is 33.1 Å². The molecule has 0 spiro atoms. The molecule has 0 amide bonds. The van der Waals surface area contributed by atoms with E-state index in [9.17, 15) is 9.59 Å². The predicted molar refractivity (Wildman–Crippen MR) is 124 cm³/mol. The molecular formula is C27H22O6. The van der Waals surface area contributed by atoms with E-state index in [0.717, 1.165) is 5.56 Å². The second kappa shape index (κ2) is 9.44. The Bertz CT molecular complexity index is 1230. The van der Waals surface area contributed by atoms with Crippen LogP contribution in [0, 0.1) is 0 Å². The number of cyclic esters (lactones) is 1. The van der Waals surface area contributed by atoms with Gasteiger partial charge in [-0.05, 0) is 65.7 Å². The molecule has 1 heterocycles. The van der Waals surface area contributed by atoms with Crippen molar-refractivity contribution >= 4 is 23.4 Å². The van der Waals surface area contributed by atoms with Gasteiger partial charge in [0, 0.05) is 11.1 Å². The Morgan fingerprint density at radius 1 is 0.727 bits per heavy atom. The lowest BCUT2D eigenvalue weighted by molar-refractivity contribution is -0.132. The van der Waals surface area contributed by atoms with Crippen LogP contribution in [0.3, 0.4) is 0 Å². The first-order valence-corrected chi connectivity index (χ1v) is 10.2. The molecule has 1 aliphatic heterocycles. The average molecular weight is 442 g/mol. The molecule has 6 heteroatoms. The highest BCUT2D eigenvalue weighted by Crippen LogP contribution is 2.38. The number of methoxy groups -OCH3 is 3. The molecule has 4 rings (SSSR count). The highest BCUT2D eigenvalue weighted by Gasteiger charge is 2.36. The summed E-state index contributed by atoms with van der Waals surface area (Å²) in [4.78, 5) is 26.3. The zero-order valence-electron chi connectivity index (χ0n) is 18.5. The number of ketones is 1. The summed E-state index contributed by atoms with van der Waals surface area (Å²) < 4.78 is 21.2. The van der Waals surface area contributed by atoms with Gasteiger partial charge in [-0.3, -0.25) is 4.79 Å². The van der Waals surface area contributed by atoms with Gasteiger partial charge in [-0.1, -0.05) is 24.3 Å². The van der Waals surface area contributed by atoms with Gasteiger partial charge < -0.3 is 18.9 Å². The molecule has 3 aromatic rings. The molecular weight excluding hydrogens is 420 g/mol. The van der Waals surface area contributed by atoms with Crippen LogP contribution in [0.25, 0.3) is 11.6 Å². The quantitative estimate of drug-likeness (QED) is 0.293. The Morgan fingerprint density at radius 3 is 1.73 bits per heavy atom. The number of benzene rings is 3. The van der Waals surface area contributed by atoms with Crippen LogP contribution in [0.2, 0.25) is 0 Å². The minimum absolute atomic E-state index is 0.0231. The largest absolute Gasteiger partial charge is 0.497 e. The van der Waals surface area contributed by atoms with Gasteiger partial charge in [0.05, 0.1) is 21.3 Å². The number of ether oxygens (including phenoxy) is 4. The first kappa shape index (κ1) is 21.9. The first-order valence-electron chi connectivity index (χ1n) is 10.2. The minimum Gasteiger partial charge on any atom is -0.497 e. The maximum atomic E-state index is 13.4. The summed E-state index contributed by atoms with van der Waals surface area (Å²) in [5, 5.41) is 0. The number of hydrogen-bond donors (Lipinski definition) is 0. The summed E-state index contributed by atoms with van der Waals surface area (Å²) in [6, 6.07) is 21.0. The first-order chi connectivity index (χ1) is 16.0. The molecule has 0 aliphatic carbocycles. The van der Waals surface area contributed by atoms with Crippen molar-refractivity contribution in [3.05, 3.63) is 101 Å². The number of Topliss-reactive ketones (excluding diaryl/α,β-unsaturated/α-hetero) is 1. The fraction of sp³-hybridized carbons (Fsp3) is 0.111. The van der Waals surface area contributed by atoms with E-state index in [1.165, 1.54) is 0 Å². The maximum absolute atomic E-state index is 13.4. The molecule has 0 N–H and O–H groups in total. The lowest BCUT2D eigenvalue weighted by Gasteiger charge is -2.08. The van der Waals surface area contributed by atoms with E-state index in [4.69, 9.17) is 18.9 Å². The van der Waals surface area contributed by atoms with Crippen LogP contribution in [0.5, 0.6) is 17.2 Å². The standard InChI is InChI=1S/C27H22O6/c1-30-20-10-4-17(5-11-20)16-23-24(18-6-12-21(31-2)13-7-18)25(27(29)33-23)26(28)19-8-14-22(32-3)15-9-19/h4-16H,1-3H3/b23-16-. The topological polar surface area (TPSA) is 71.1 Å². The monoisotopic (exact) mass is 442 g/mol. The van der Waals surface area contributed by atoms with Crippen molar-refractivity contribution in [3.8, 4) is 17.2 Å². The Hall–Kier alpha value is -4.32. The second-order valence-corrected chi connectivity index (χ2v) is 7.21. The van der Waals surface area contributed by atoms with E-state index in [2.05, 4.69) is 0 Å². The minimum atomic E-state index is -0.693. The van der Waals surface area contributed by atoms with Crippen molar-refractivity contribution in [3.63, 3.8) is 0 Å². The molecule has 0 aromatic heterocycles. The maximum Gasteiger partial charge on any atom is 0.348 e. The van der Waals surface area contributed by atoms with E-state index >= 15 is 0 Å². The summed E-state index contributed by atoms with van der Waals surface area (Å²) in [6.45, 7) is 0. The number of rotatable bonds is 7. The Balaban J connectivity index is 1.84. The zero-order chi connectivity index (χ0) is 23.4. The molecule has 0 unspecified atom stereocenters. The Kier molecular flexibility index (Phi) is 6.26. The summed E-state index contributed by atoms with van der Waals surface area (Å²) in [5.41, 5.74) is 2.23. The van der Waals surface area contributed by atoms with Crippen LogP contribution in [-0.2, 0) is 9.53 Å². The molecule has 0 saturated carbocycles. The smallest absolute Gasteiger partial charge is 0.348 e. The van der Waals surface area contributed by atoms with Crippen molar-refractivity contribution in [2.45, 2.75) is 0 Å². The molecule has 0 bridgehead atoms. The van der Waals surface area contributed by atoms with Crippen LogP contribution >= 0.6 is 0 Å². The van der Waals surface area contributed by atoms with E-state index in [1.54, 1.807) is 75.9 Å². The van der Waals surface area contributed by atoms with Gasteiger partial charge in [0.25, 0.3) is 0 Å². The highest BCUT2D eigenvalue weighted by molar-refractivity contribution is 6.32. The van der Waals surface area contributed by atoms with E-state index in [-0.39, 0.29) is 5.57 Å². The van der Waals surface area contributed by atoms with Crippen molar-refractivity contribution in [2.75, 3.05) is 21.3 Å². The van der Waals surface area contributed by atoms with Crippen LogP contribution in [0.15, 0.2) is 84.1 Å². The highest BCUT2D eigenvalue weighted by atomic mass is 16.5.